The highest BCUT2D eigenvalue weighted by atomic mass is 32.2. The first-order valence-electron chi connectivity index (χ1n) is 6.39. The van der Waals surface area contributed by atoms with Crippen LogP contribution in [0.3, 0.4) is 0 Å². The van der Waals surface area contributed by atoms with Crippen LogP contribution < -0.4 is 0 Å². The van der Waals surface area contributed by atoms with E-state index < -0.39 is 0 Å². The summed E-state index contributed by atoms with van der Waals surface area (Å²) in [7, 11) is 0. The van der Waals surface area contributed by atoms with Crippen LogP contribution >= 0.6 is 23.5 Å². The summed E-state index contributed by atoms with van der Waals surface area (Å²) in [6.45, 7) is 6.05. The SMILES string of the molecule is CCCC(=O)SCCCSC(C)CC(=O)CC. The molecule has 0 fully saturated rings. The van der Waals surface area contributed by atoms with Gasteiger partial charge in [-0.25, -0.2) is 0 Å². The second kappa shape index (κ2) is 11.1. The third kappa shape index (κ3) is 10.9. The average molecular weight is 276 g/mol. The fraction of sp³-hybridized carbons (Fsp3) is 0.846. The molecule has 0 saturated heterocycles. The third-order valence-corrected chi connectivity index (χ3v) is 4.60. The van der Waals surface area contributed by atoms with Crippen LogP contribution in [0.5, 0.6) is 0 Å². The highest BCUT2D eigenvalue weighted by molar-refractivity contribution is 8.13. The Kier molecular flexibility index (Phi) is 11.2. The summed E-state index contributed by atoms with van der Waals surface area (Å²) in [5.74, 6) is 2.31. The molecule has 1 unspecified atom stereocenters. The first-order chi connectivity index (χ1) is 8.10. The molecule has 0 aliphatic rings. The molecule has 17 heavy (non-hydrogen) atoms. The zero-order valence-electron chi connectivity index (χ0n) is 11.2. The summed E-state index contributed by atoms with van der Waals surface area (Å²) in [5, 5.41) is 0.727. The Balaban J connectivity index is 3.39. The van der Waals surface area contributed by atoms with E-state index in [0.29, 0.717) is 35.4 Å². The van der Waals surface area contributed by atoms with Gasteiger partial charge in [-0.1, -0.05) is 32.5 Å². The van der Waals surface area contributed by atoms with Gasteiger partial charge in [-0.3, -0.25) is 9.59 Å². The molecule has 0 bridgehead atoms. The number of carbonyl (C=O) groups excluding carboxylic acids is 2. The van der Waals surface area contributed by atoms with Crippen molar-refractivity contribution in [2.24, 2.45) is 0 Å². The molecule has 0 radical (unpaired) electrons. The summed E-state index contributed by atoms with van der Waals surface area (Å²) in [4.78, 5) is 22.4. The fourth-order valence-electron chi connectivity index (χ4n) is 1.33. The first kappa shape index (κ1) is 17.0. The van der Waals surface area contributed by atoms with Gasteiger partial charge in [-0.2, -0.15) is 11.8 Å². The summed E-state index contributed by atoms with van der Waals surface area (Å²) in [6.07, 6.45) is 4.01. The fourth-order valence-corrected chi connectivity index (χ4v) is 3.39. The van der Waals surface area contributed by atoms with Gasteiger partial charge in [0.25, 0.3) is 0 Å². The number of hydrogen-bond donors (Lipinski definition) is 0. The molecule has 0 N–H and O–H groups in total. The van der Waals surface area contributed by atoms with Crippen LogP contribution in [0.1, 0.15) is 52.9 Å². The van der Waals surface area contributed by atoms with E-state index >= 15 is 0 Å². The van der Waals surface area contributed by atoms with Gasteiger partial charge in [-0.15, -0.1) is 0 Å². The lowest BCUT2D eigenvalue weighted by atomic mass is 10.2. The number of ketones is 1. The molecular formula is C13H24O2S2. The van der Waals surface area contributed by atoms with Gasteiger partial charge >= 0.3 is 0 Å². The van der Waals surface area contributed by atoms with Crippen molar-refractivity contribution in [3.63, 3.8) is 0 Å². The average Bonchev–Trinajstić information content (AvgIpc) is 2.28. The Morgan fingerprint density at radius 3 is 2.47 bits per heavy atom. The van der Waals surface area contributed by atoms with Crippen molar-refractivity contribution in [2.45, 2.75) is 58.1 Å². The Labute approximate surface area is 114 Å². The topological polar surface area (TPSA) is 34.1 Å². The zero-order chi connectivity index (χ0) is 13.1. The van der Waals surface area contributed by atoms with E-state index in [2.05, 4.69) is 6.92 Å². The van der Waals surface area contributed by atoms with Crippen LogP contribution in [0, 0.1) is 0 Å². The maximum Gasteiger partial charge on any atom is 0.188 e. The van der Waals surface area contributed by atoms with Crippen LogP contribution in [0.25, 0.3) is 0 Å². The van der Waals surface area contributed by atoms with Crippen molar-refractivity contribution in [3.8, 4) is 0 Å². The van der Waals surface area contributed by atoms with Crippen molar-refractivity contribution >= 4 is 34.4 Å². The van der Waals surface area contributed by atoms with E-state index in [9.17, 15) is 9.59 Å². The standard InChI is InChI=1S/C13H24O2S2/c1-4-7-13(15)17-9-6-8-16-11(3)10-12(14)5-2/h11H,4-10H2,1-3H3. The van der Waals surface area contributed by atoms with Gasteiger partial charge in [0.2, 0.25) is 0 Å². The molecule has 4 heteroatoms. The van der Waals surface area contributed by atoms with Gasteiger partial charge in [-0.05, 0) is 18.6 Å². The normalized spacial score (nSPS) is 12.4. The number of Topliss-reactive ketones (excluding diaryl/α,β-unsaturated/α-hetero) is 1. The summed E-state index contributed by atoms with van der Waals surface area (Å²) < 4.78 is 0. The quantitative estimate of drug-likeness (QED) is 0.566. The van der Waals surface area contributed by atoms with Crippen LogP contribution in [0.2, 0.25) is 0 Å². The Hall–Kier alpha value is 0.0400. The van der Waals surface area contributed by atoms with Gasteiger partial charge < -0.3 is 0 Å². The zero-order valence-corrected chi connectivity index (χ0v) is 12.8. The predicted molar refractivity (Wildman–Crippen MR) is 78.8 cm³/mol. The third-order valence-electron chi connectivity index (χ3n) is 2.32. The van der Waals surface area contributed by atoms with Crippen LogP contribution in [-0.2, 0) is 9.59 Å². The van der Waals surface area contributed by atoms with Gasteiger partial charge in [0.1, 0.15) is 5.78 Å². The lowest BCUT2D eigenvalue weighted by Gasteiger charge is -2.09. The molecule has 0 aromatic rings. The molecule has 0 saturated carbocycles. The predicted octanol–water partition coefficient (Wildman–Crippen LogP) is 3.93. The lowest BCUT2D eigenvalue weighted by molar-refractivity contribution is -0.118. The van der Waals surface area contributed by atoms with Crippen LogP contribution in [-0.4, -0.2) is 27.7 Å². The monoisotopic (exact) mass is 276 g/mol. The molecule has 1 atom stereocenters. The van der Waals surface area contributed by atoms with Crippen molar-refractivity contribution in [1.82, 2.24) is 0 Å². The molecule has 0 amide bonds. The van der Waals surface area contributed by atoms with Crippen molar-refractivity contribution in [2.75, 3.05) is 11.5 Å². The maximum atomic E-state index is 11.2. The maximum absolute atomic E-state index is 11.2. The molecule has 2 nitrogen and oxygen atoms in total. The molecule has 0 aromatic carbocycles. The first-order valence-corrected chi connectivity index (χ1v) is 8.42. The second-order valence-electron chi connectivity index (χ2n) is 4.10. The van der Waals surface area contributed by atoms with Crippen molar-refractivity contribution in [1.29, 1.82) is 0 Å². The van der Waals surface area contributed by atoms with E-state index in [1.54, 1.807) is 0 Å². The van der Waals surface area contributed by atoms with E-state index in [0.717, 1.165) is 24.3 Å². The molecule has 0 heterocycles. The van der Waals surface area contributed by atoms with Gasteiger partial charge in [0.05, 0.1) is 0 Å². The van der Waals surface area contributed by atoms with E-state index in [-0.39, 0.29) is 0 Å². The molecule has 0 aromatic heterocycles. The van der Waals surface area contributed by atoms with E-state index in [1.165, 1.54) is 11.8 Å². The van der Waals surface area contributed by atoms with Crippen molar-refractivity contribution in [3.05, 3.63) is 0 Å². The summed E-state index contributed by atoms with van der Waals surface area (Å²) in [6, 6.07) is 0. The van der Waals surface area contributed by atoms with Gasteiger partial charge in [0.15, 0.2) is 5.12 Å². The summed E-state index contributed by atoms with van der Waals surface area (Å²) in [5.41, 5.74) is 0. The largest absolute Gasteiger partial charge is 0.300 e. The van der Waals surface area contributed by atoms with Gasteiger partial charge in [0, 0.05) is 30.3 Å². The Morgan fingerprint density at radius 2 is 1.88 bits per heavy atom. The molecule has 100 valence electrons. The smallest absolute Gasteiger partial charge is 0.188 e. The summed E-state index contributed by atoms with van der Waals surface area (Å²) >= 11 is 3.29. The lowest BCUT2D eigenvalue weighted by Crippen LogP contribution is -2.06. The van der Waals surface area contributed by atoms with E-state index in [1.807, 2.05) is 25.6 Å². The second-order valence-corrected chi connectivity index (χ2v) is 6.80. The minimum atomic E-state index is 0.312. The molecular weight excluding hydrogens is 252 g/mol. The molecule has 0 rings (SSSR count). The van der Waals surface area contributed by atoms with Crippen LogP contribution in [0.4, 0.5) is 0 Å². The molecule has 0 spiro atoms. The van der Waals surface area contributed by atoms with E-state index in [4.69, 9.17) is 0 Å². The molecule has 0 aliphatic carbocycles. The van der Waals surface area contributed by atoms with Crippen LogP contribution in [0.15, 0.2) is 0 Å². The number of hydrogen-bond acceptors (Lipinski definition) is 4. The molecule has 0 aliphatic heterocycles. The number of rotatable bonds is 10. The minimum absolute atomic E-state index is 0.312. The number of thioether (sulfide) groups is 2. The number of carbonyl (C=O) groups is 2. The highest BCUT2D eigenvalue weighted by Gasteiger charge is 2.07. The minimum Gasteiger partial charge on any atom is -0.300 e. The Bertz CT molecular complexity index is 229. The Morgan fingerprint density at radius 1 is 1.18 bits per heavy atom. The van der Waals surface area contributed by atoms with Crippen molar-refractivity contribution < 1.29 is 9.59 Å². The highest BCUT2D eigenvalue weighted by Crippen LogP contribution is 2.18.